The number of aryl methyl sites for hydroxylation is 1. The van der Waals surface area contributed by atoms with Gasteiger partial charge in [-0.1, -0.05) is 0 Å². The fourth-order valence-electron chi connectivity index (χ4n) is 2.22. The molecule has 3 nitrogen and oxygen atoms in total. The summed E-state index contributed by atoms with van der Waals surface area (Å²) in [6.45, 7) is 4.10. The molecule has 18 heavy (non-hydrogen) atoms. The predicted octanol–water partition coefficient (Wildman–Crippen LogP) is 3.17. The van der Waals surface area contributed by atoms with Crippen LogP contribution in [0.5, 0.6) is 5.75 Å². The zero-order chi connectivity index (χ0) is 13.1. The van der Waals surface area contributed by atoms with Gasteiger partial charge in [0, 0.05) is 17.1 Å². The lowest BCUT2D eigenvalue weighted by Crippen LogP contribution is -1.99. The molecule has 0 aliphatic carbocycles. The molecule has 0 radical (unpaired) electrons. The molecule has 0 bridgehead atoms. The smallest absolute Gasteiger partial charge is 0.119 e. The SMILES string of the molecule is COc1ccc(-n2c(C)cc(CC#N)c2C)cc1. The molecule has 0 aliphatic rings. The Morgan fingerprint density at radius 1 is 1.22 bits per heavy atom. The summed E-state index contributed by atoms with van der Waals surface area (Å²) < 4.78 is 7.32. The van der Waals surface area contributed by atoms with Crippen molar-refractivity contribution >= 4 is 0 Å². The fourth-order valence-corrected chi connectivity index (χ4v) is 2.22. The maximum absolute atomic E-state index is 8.81. The van der Waals surface area contributed by atoms with Gasteiger partial charge in [0.1, 0.15) is 5.75 Å². The van der Waals surface area contributed by atoms with E-state index in [0.717, 1.165) is 28.4 Å². The van der Waals surface area contributed by atoms with Gasteiger partial charge in [-0.05, 0) is 49.7 Å². The van der Waals surface area contributed by atoms with Gasteiger partial charge in [-0.3, -0.25) is 0 Å². The van der Waals surface area contributed by atoms with Crippen LogP contribution >= 0.6 is 0 Å². The maximum Gasteiger partial charge on any atom is 0.119 e. The summed E-state index contributed by atoms with van der Waals surface area (Å²) in [6, 6.07) is 12.2. The van der Waals surface area contributed by atoms with E-state index in [2.05, 4.69) is 23.6 Å². The Kier molecular flexibility index (Phi) is 3.38. The standard InChI is InChI=1S/C15H16N2O/c1-11-10-13(8-9-16)12(2)17(11)14-4-6-15(18-3)7-5-14/h4-7,10H,8H2,1-3H3. The van der Waals surface area contributed by atoms with E-state index in [1.54, 1.807) is 7.11 Å². The summed E-state index contributed by atoms with van der Waals surface area (Å²) in [5, 5.41) is 8.81. The van der Waals surface area contributed by atoms with E-state index >= 15 is 0 Å². The Labute approximate surface area is 107 Å². The largest absolute Gasteiger partial charge is 0.497 e. The molecule has 0 unspecified atom stereocenters. The van der Waals surface area contributed by atoms with Crippen LogP contribution in [-0.4, -0.2) is 11.7 Å². The van der Waals surface area contributed by atoms with Gasteiger partial charge in [0.2, 0.25) is 0 Å². The Balaban J connectivity index is 2.46. The van der Waals surface area contributed by atoms with Crippen molar-refractivity contribution in [1.29, 1.82) is 5.26 Å². The van der Waals surface area contributed by atoms with Crippen LogP contribution in [0.3, 0.4) is 0 Å². The minimum Gasteiger partial charge on any atom is -0.497 e. The highest BCUT2D eigenvalue weighted by Gasteiger charge is 2.10. The third-order valence-electron chi connectivity index (χ3n) is 3.14. The second-order valence-electron chi connectivity index (χ2n) is 4.26. The number of hydrogen-bond acceptors (Lipinski definition) is 2. The van der Waals surface area contributed by atoms with Crippen molar-refractivity contribution < 1.29 is 4.74 Å². The van der Waals surface area contributed by atoms with Gasteiger partial charge in [0.25, 0.3) is 0 Å². The summed E-state index contributed by atoms with van der Waals surface area (Å²) in [4.78, 5) is 0. The molecule has 3 heteroatoms. The summed E-state index contributed by atoms with van der Waals surface area (Å²) in [7, 11) is 1.66. The van der Waals surface area contributed by atoms with Crippen molar-refractivity contribution in [1.82, 2.24) is 4.57 Å². The fraction of sp³-hybridized carbons (Fsp3) is 0.267. The molecule has 0 aliphatic heterocycles. The molecular weight excluding hydrogens is 224 g/mol. The number of rotatable bonds is 3. The summed E-state index contributed by atoms with van der Waals surface area (Å²) in [5.41, 5.74) is 4.45. The summed E-state index contributed by atoms with van der Waals surface area (Å²) >= 11 is 0. The lowest BCUT2D eigenvalue weighted by atomic mass is 10.2. The van der Waals surface area contributed by atoms with Crippen LogP contribution in [0.15, 0.2) is 30.3 Å². The third-order valence-corrected chi connectivity index (χ3v) is 3.14. The molecule has 0 N–H and O–H groups in total. The first-order valence-corrected chi connectivity index (χ1v) is 5.86. The van der Waals surface area contributed by atoms with Crippen LogP contribution < -0.4 is 4.74 Å². The lowest BCUT2D eigenvalue weighted by Gasteiger charge is -2.10. The first-order valence-electron chi connectivity index (χ1n) is 5.86. The Morgan fingerprint density at radius 2 is 1.89 bits per heavy atom. The van der Waals surface area contributed by atoms with Crippen LogP contribution in [0.2, 0.25) is 0 Å². The normalized spacial score (nSPS) is 10.1. The number of aromatic nitrogens is 1. The van der Waals surface area contributed by atoms with Crippen molar-refractivity contribution in [2.24, 2.45) is 0 Å². The van der Waals surface area contributed by atoms with Crippen LogP contribution in [0.25, 0.3) is 5.69 Å². The molecule has 92 valence electrons. The van der Waals surface area contributed by atoms with Crippen molar-refractivity contribution in [3.8, 4) is 17.5 Å². The monoisotopic (exact) mass is 240 g/mol. The van der Waals surface area contributed by atoms with Crippen molar-refractivity contribution in [3.63, 3.8) is 0 Å². The summed E-state index contributed by atoms with van der Waals surface area (Å²) in [6.07, 6.45) is 0.454. The highest BCUT2D eigenvalue weighted by molar-refractivity contribution is 5.44. The average molecular weight is 240 g/mol. The first kappa shape index (κ1) is 12.3. The van der Waals surface area contributed by atoms with Gasteiger partial charge in [-0.15, -0.1) is 0 Å². The van der Waals surface area contributed by atoms with E-state index in [0.29, 0.717) is 6.42 Å². The lowest BCUT2D eigenvalue weighted by molar-refractivity contribution is 0.414. The maximum atomic E-state index is 8.81. The van der Waals surface area contributed by atoms with Crippen molar-refractivity contribution in [2.45, 2.75) is 20.3 Å². The number of methoxy groups -OCH3 is 1. The van der Waals surface area contributed by atoms with Gasteiger partial charge >= 0.3 is 0 Å². The molecule has 2 aromatic rings. The number of ether oxygens (including phenoxy) is 1. The van der Waals surface area contributed by atoms with Crippen LogP contribution in [0, 0.1) is 25.2 Å². The van der Waals surface area contributed by atoms with Gasteiger partial charge in [-0.25, -0.2) is 0 Å². The molecule has 0 saturated heterocycles. The Bertz CT molecular complexity index is 588. The number of benzene rings is 1. The van der Waals surface area contributed by atoms with Gasteiger partial charge in [0.05, 0.1) is 19.6 Å². The zero-order valence-electron chi connectivity index (χ0n) is 10.9. The first-order chi connectivity index (χ1) is 8.67. The second kappa shape index (κ2) is 4.97. The second-order valence-corrected chi connectivity index (χ2v) is 4.26. The van der Waals surface area contributed by atoms with E-state index < -0.39 is 0 Å². The van der Waals surface area contributed by atoms with E-state index in [1.165, 1.54) is 0 Å². The molecule has 2 rings (SSSR count). The van der Waals surface area contributed by atoms with Gasteiger partial charge in [-0.2, -0.15) is 5.26 Å². The minimum absolute atomic E-state index is 0.454. The van der Waals surface area contributed by atoms with E-state index in [9.17, 15) is 0 Å². The highest BCUT2D eigenvalue weighted by Crippen LogP contribution is 2.22. The topological polar surface area (TPSA) is 38.0 Å². The Hall–Kier alpha value is -2.21. The molecule has 0 saturated carbocycles. The minimum atomic E-state index is 0.454. The molecule has 1 aromatic carbocycles. The van der Waals surface area contributed by atoms with E-state index in [1.807, 2.05) is 31.2 Å². The van der Waals surface area contributed by atoms with Crippen LogP contribution in [0.4, 0.5) is 0 Å². The zero-order valence-corrected chi connectivity index (χ0v) is 10.9. The number of hydrogen-bond donors (Lipinski definition) is 0. The highest BCUT2D eigenvalue weighted by atomic mass is 16.5. The van der Waals surface area contributed by atoms with Crippen molar-refractivity contribution in [2.75, 3.05) is 7.11 Å². The average Bonchev–Trinajstić information content (AvgIpc) is 2.65. The van der Waals surface area contributed by atoms with Gasteiger partial charge < -0.3 is 9.30 Å². The Morgan fingerprint density at radius 3 is 2.44 bits per heavy atom. The molecule has 0 amide bonds. The molecule has 0 atom stereocenters. The molecule has 1 heterocycles. The quantitative estimate of drug-likeness (QED) is 0.826. The number of nitriles is 1. The van der Waals surface area contributed by atoms with Gasteiger partial charge in [0.15, 0.2) is 0 Å². The van der Waals surface area contributed by atoms with Crippen LogP contribution in [-0.2, 0) is 6.42 Å². The van der Waals surface area contributed by atoms with E-state index in [-0.39, 0.29) is 0 Å². The van der Waals surface area contributed by atoms with Crippen molar-refractivity contribution in [3.05, 3.63) is 47.3 Å². The number of nitrogens with zero attached hydrogens (tertiary/aromatic N) is 2. The molecule has 0 spiro atoms. The predicted molar refractivity (Wildman–Crippen MR) is 71.1 cm³/mol. The molecule has 0 fully saturated rings. The summed E-state index contributed by atoms with van der Waals surface area (Å²) in [5.74, 6) is 0.846. The molecule has 1 aromatic heterocycles. The third kappa shape index (κ3) is 2.10. The van der Waals surface area contributed by atoms with E-state index in [4.69, 9.17) is 10.00 Å². The molecular formula is C15H16N2O. The van der Waals surface area contributed by atoms with Crippen LogP contribution in [0.1, 0.15) is 17.0 Å².